The molecule has 1 saturated heterocycles. The van der Waals surface area contributed by atoms with Crippen LogP contribution in [0.15, 0.2) is 55.0 Å². The number of aromatic nitrogens is 5. The number of aromatic amines is 1. The third-order valence-corrected chi connectivity index (χ3v) is 5.68. The van der Waals surface area contributed by atoms with Crippen LogP contribution < -0.4 is 4.90 Å². The van der Waals surface area contributed by atoms with Crippen molar-refractivity contribution in [3.63, 3.8) is 0 Å². The highest BCUT2D eigenvalue weighted by Gasteiger charge is 2.23. The van der Waals surface area contributed by atoms with Crippen LogP contribution in [0.25, 0.3) is 16.7 Å². The Morgan fingerprint density at radius 1 is 1.03 bits per heavy atom. The van der Waals surface area contributed by atoms with Gasteiger partial charge in [0.1, 0.15) is 5.82 Å². The van der Waals surface area contributed by atoms with Crippen molar-refractivity contribution >= 4 is 22.6 Å². The van der Waals surface area contributed by atoms with Gasteiger partial charge in [0, 0.05) is 55.7 Å². The third-order valence-electron chi connectivity index (χ3n) is 5.68. The number of anilines is 1. The molecule has 4 heterocycles. The molecule has 0 atom stereocenters. The van der Waals surface area contributed by atoms with Gasteiger partial charge in [-0.25, -0.2) is 4.98 Å². The summed E-state index contributed by atoms with van der Waals surface area (Å²) in [7, 11) is 0. The fourth-order valence-corrected chi connectivity index (χ4v) is 3.97. The number of hydrogen-bond acceptors (Lipinski definition) is 5. The van der Waals surface area contributed by atoms with Gasteiger partial charge in [0.05, 0.1) is 6.42 Å². The van der Waals surface area contributed by atoms with E-state index in [9.17, 15) is 4.79 Å². The van der Waals surface area contributed by atoms with Crippen LogP contribution in [0.2, 0.25) is 0 Å². The van der Waals surface area contributed by atoms with Crippen LogP contribution in [0, 0.1) is 6.92 Å². The lowest BCUT2D eigenvalue weighted by Crippen LogP contribution is -2.49. The van der Waals surface area contributed by atoms with E-state index in [1.54, 1.807) is 6.20 Å². The molecule has 0 spiro atoms. The highest BCUT2D eigenvalue weighted by Crippen LogP contribution is 2.20. The molecule has 8 heteroatoms. The number of para-hydroxylation sites is 1. The van der Waals surface area contributed by atoms with Gasteiger partial charge >= 0.3 is 0 Å². The zero-order valence-electron chi connectivity index (χ0n) is 16.8. The van der Waals surface area contributed by atoms with Crippen LogP contribution in [0.3, 0.4) is 0 Å². The second kappa shape index (κ2) is 7.62. The first-order valence-corrected chi connectivity index (χ1v) is 10.1. The SMILES string of the molecule is Cc1nccn1-c1ccc(N2CCN(C(=O)Cc3c[nH]c4ccccc34)CC2)nn1. The first-order valence-electron chi connectivity index (χ1n) is 10.1. The number of benzene rings is 1. The maximum absolute atomic E-state index is 12.8. The van der Waals surface area contributed by atoms with E-state index in [-0.39, 0.29) is 5.91 Å². The molecule has 1 amide bonds. The van der Waals surface area contributed by atoms with Crippen LogP contribution in [-0.2, 0) is 11.2 Å². The summed E-state index contributed by atoms with van der Waals surface area (Å²) in [6.07, 6.45) is 5.98. The van der Waals surface area contributed by atoms with E-state index >= 15 is 0 Å². The van der Waals surface area contributed by atoms with Crippen molar-refractivity contribution in [3.8, 4) is 5.82 Å². The van der Waals surface area contributed by atoms with Crippen LogP contribution in [0.4, 0.5) is 5.82 Å². The molecule has 0 aliphatic carbocycles. The van der Waals surface area contributed by atoms with Crippen LogP contribution in [-0.4, -0.2) is 61.7 Å². The molecule has 0 bridgehead atoms. The van der Waals surface area contributed by atoms with Gasteiger partial charge in [-0.05, 0) is 30.7 Å². The van der Waals surface area contributed by atoms with Gasteiger partial charge in [-0.15, -0.1) is 10.2 Å². The number of aryl methyl sites for hydroxylation is 1. The van der Waals surface area contributed by atoms with Gasteiger partial charge in [0.2, 0.25) is 5.91 Å². The van der Waals surface area contributed by atoms with Crippen molar-refractivity contribution in [2.45, 2.75) is 13.3 Å². The number of hydrogen-bond donors (Lipinski definition) is 1. The number of imidazole rings is 1. The van der Waals surface area contributed by atoms with Gasteiger partial charge in [0.15, 0.2) is 11.6 Å². The molecule has 4 aromatic rings. The Morgan fingerprint density at radius 3 is 2.53 bits per heavy atom. The number of amides is 1. The number of piperazine rings is 1. The number of H-pyrrole nitrogens is 1. The largest absolute Gasteiger partial charge is 0.361 e. The predicted molar refractivity (Wildman–Crippen MR) is 115 cm³/mol. The van der Waals surface area contributed by atoms with E-state index in [1.165, 1.54) is 0 Å². The van der Waals surface area contributed by atoms with E-state index in [0.29, 0.717) is 19.5 Å². The number of fused-ring (bicyclic) bond motifs is 1. The number of carbonyl (C=O) groups is 1. The minimum Gasteiger partial charge on any atom is -0.361 e. The number of nitrogens with one attached hydrogen (secondary N) is 1. The van der Waals surface area contributed by atoms with Crippen molar-refractivity contribution in [3.05, 3.63) is 66.4 Å². The molecular formula is C22H23N7O. The molecule has 1 aliphatic rings. The van der Waals surface area contributed by atoms with Gasteiger partial charge in [-0.2, -0.15) is 0 Å². The molecule has 1 aromatic carbocycles. The van der Waals surface area contributed by atoms with Crippen molar-refractivity contribution in [1.82, 2.24) is 29.6 Å². The topological polar surface area (TPSA) is 82.9 Å². The molecule has 30 heavy (non-hydrogen) atoms. The summed E-state index contributed by atoms with van der Waals surface area (Å²) in [5.74, 6) is 2.62. The smallest absolute Gasteiger partial charge is 0.227 e. The standard InChI is InChI=1S/C22H23N7O/c1-16-23-8-9-29(16)21-7-6-20(25-26-21)27-10-12-28(13-11-27)22(30)14-17-15-24-19-5-3-2-4-18(17)19/h2-9,15,24H,10-14H2,1H3. The van der Waals surface area contributed by atoms with Crippen molar-refractivity contribution in [2.24, 2.45) is 0 Å². The van der Waals surface area contributed by atoms with Crippen molar-refractivity contribution in [2.75, 3.05) is 31.1 Å². The van der Waals surface area contributed by atoms with E-state index in [4.69, 9.17) is 0 Å². The van der Waals surface area contributed by atoms with Crippen molar-refractivity contribution in [1.29, 1.82) is 0 Å². The predicted octanol–water partition coefficient (Wildman–Crippen LogP) is 2.34. The zero-order chi connectivity index (χ0) is 20.5. The Labute approximate surface area is 174 Å². The number of nitrogens with zero attached hydrogens (tertiary/aromatic N) is 6. The molecule has 5 rings (SSSR count). The minimum atomic E-state index is 0.163. The fraction of sp³-hybridized carbons (Fsp3) is 0.273. The Kier molecular flexibility index (Phi) is 4.66. The monoisotopic (exact) mass is 401 g/mol. The summed E-state index contributed by atoms with van der Waals surface area (Å²) < 4.78 is 1.90. The summed E-state index contributed by atoms with van der Waals surface area (Å²) in [6.45, 7) is 4.80. The highest BCUT2D eigenvalue weighted by atomic mass is 16.2. The molecule has 0 radical (unpaired) electrons. The first kappa shape index (κ1) is 18.4. The third kappa shape index (κ3) is 3.41. The summed E-state index contributed by atoms with van der Waals surface area (Å²) in [6, 6.07) is 12.0. The van der Waals surface area contributed by atoms with E-state index < -0.39 is 0 Å². The van der Waals surface area contributed by atoms with Crippen LogP contribution in [0.1, 0.15) is 11.4 Å². The lowest BCUT2D eigenvalue weighted by Gasteiger charge is -2.35. The second-order valence-electron chi connectivity index (χ2n) is 7.50. The first-order chi connectivity index (χ1) is 14.7. The fourth-order valence-electron chi connectivity index (χ4n) is 3.97. The normalized spacial score (nSPS) is 14.4. The Bertz CT molecular complexity index is 1170. The van der Waals surface area contributed by atoms with E-state index in [0.717, 1.165) is 47.0 Å². The highest BCUT2D eigenvalue weighted by molar-refractivity contribution is 5.89. The van der Waals surface area contributed by atoms with E-state index in [1.807, 2.05) is 59.1 Å². The quantitative estimate of drug-likeness (QED) is 0.568. The summed E-state index contributed by atoms with van der Waals surface area (Å²) in [5.41, 5.74) is 2.12. The average molecular weight is 401 g/mol. The number of carbonyl (C=O) groups excluding carboxylic acids is 1. The molecular weight excluding hydrogens is 378 g/mol. The zero-order valence-corrected chi connectivity index (χ0v) is 16.8. The van der Waals surface area contributed by atoms with Gasteiger partial charge in [-0.1, -0.05) is 18.2 Å². The molecule has 0 unspecified atom stereocenters. The Balaban J connectivity index is 1.21. The van der Waals surface area contributed by atoms with Gasteiger partial charge in [-0.3, -0.25) is 9.36 Å². The number of rotatable bonds is 4. The molecule has 8 nitrogen and oxygen atoms in total. The maximum Gasteiger partial charge on any atom is 0.227 e. The summed E-state index contributed by atoms with van der Waals surface area (Å²) >= 11 is 0. The second-order valence-corrected chi connectivity index (χ2v) is 7.50. The lowest BCUT2D eigenvalue weighted by atomic mass is 10.1. The Hall–Kier alpha value is -3.68. The average Bonchev–Trinajstić information content (AvgIpc) is 3.40. The molecule has 0 saturated carbocycles. The molecule has 1 N–H and O–H groups in total. The minimum absolute atomic E-state index is 0.163. The summed E-state index contributed by atoms with van der Waals surface area (Å²) in [5, 5.41) is 9.84. The lowest BCUT2D eigenvalue weighted by molar-refractivity contribution is -0.130. The van der Waals surface area contributed by atoms with Crippen molar-refractivity contribution < 1.29 is 4.79 Å². The Morgan fingerprint density at radius 2 is 1.80 bits per heavy atom. The van der Waals surface area contributed by atoms with E-state index in [2.05, 4.69) is 31.1 Å². The molecule has 1 fully saturated rings. The summed E-state index contributed by atoms with van der Waals surface area (Å²) in [4.78, 5) is 24.4. The van der Waals surface area contributed by atoms with Crippen LogP contribution >= 0.6 is 0 Å². The molecule has 152 valence electrons. The van der Waals surface area contributed by atoms with Gasteiger partial charge in [0.25, 0.3) is 0 Å². The molecule has 1 aliphatic heterocycles. The van der Waals surface area contributed by atoms with Crippen LogP contribution in [0.5, 0.6) is 0 Å². The van der Waals surface area contributed by atoms with Gasteiger partial charge < -0.3 is 14.8 Å². The molecule has 3 aromatic heterocycles. The maximum atomic E-state index is 12.8.